The number of fused-ring (bicyclic) bond motifs is 1. The van der Waals surface area contributed by atoms with Crippen molar-refractivity contribution in [3.8, 4) is 0 Å². The fourth-order valence-corrected chi connectivity index (χ4v) is 7.79. The van der Waals surface area contributed by atoms with Crippen LogP contribution < -0.4 is 4.90 Å². The van der Waals surface area contributed by atoms with Gasteiger partial charge in [-0.25, -0.2) is 32.1 Å². The first-order chi connectivity index (χ1) is 20.5. The van der Waals surface area contributed by atoms with E-state index in [1.165, 1.54) is 0 Å². The van der Waals surface area contributed by atoms with Crippen molar-refractivity contribution in [2.75, 3.05) is 32.8 Å². The molecule has 0 bridgehead atoms. The van der Waals surface area contributed by atoms with Crippen LogP contribution in [0.3, 0.4) is 0 Å². The van der Waals surface area contributed by atoms with Gasteiger partial charge in [0, 0.05) is 24.4 Å². The Morgan fingerprint density at radius 3 is 2.30 bits per heavy atom. The van der Waals surface area contributed by atoms with Crippen molar-refractivity contribution in [1.29, 1.82) is 0 Å². The van der Waals surface area contributed by atoms with E-state index in [9.17, 15) is 32.9 Å². The summed E-state index contributed by atoms with van der Waals surface area (Å²) in [5, 5.41) is 11.2. The van der Waals surface area contributed by atoms with Crippen LogP contribution in [-0.2, 0) is 44.0 Å². The zero-order chi connectivity index (χ0) is 31.3. The van der Waals surface area contributed by atoms with Crippen LogP contribution in [0.15, 0.2) is 82.3 Å². The molecule has 0 unspecified atom stereocenters. The molecule has 1 saturated heterocycles. The molecule has 3 aliphatic heterocycles. The molecule has 224 valence electrons. The molecule has 2 aromatic carbocycles. The van der Waals surface area contributed by atoms with E-state index in [-0.39, 0.29) is 35.0 Å². The maximum absolute atomic E-state index is 14.3. The molecule has 15 heteroatoms. The van der Waals surface area contributed by atoms with Gasteiger partial charge in [0.25, 0.3) is 15.7 Å². The van der Waals surface area contributed by atoms with Gasteiger partial charge in [0.05, 0.1) is 48.2 Å². The number of non-ortho nitro benzene ring substituents is 1. The summed E-state index contributed by atoms with van der Waals surface area (Å²) in [4.78, 5) is 56.3. The van der Waals surface area contributed by atoms with Crippen molar-refractivity contribution in [2.24, 2.45) is 4.99 Å². The lowest BCUT2D eigenvalue weighted by molar-refractivity contribution is -0.384. The summed E-state index contributed by atoms with van der Waals surface area (Å²) in [5.41, 5.74) is -1.38. The first-order valence-corrected chi connectivity index (χ1v) is 14.3. The van der Waals surface area contributed by atoms with Crippen LogP contribution in [0, 0.1) is 10.1 Å². The fraction of sp³-hybridized carbons (Fsp3) is 0.286. The molecule has 0 saturated carbocycles. The van der Waals surface area contributed by atoms with Crippen LogP contribution in [0.1, 0.15) is 12.0 Å². The maximum atomic E-state index is 14.3. The molecule has 0 aliphatic carbocycles. The largest absolute Gasteiger partial charge is 0.467 e. The number of esters is 3. The van der Waals surface area contributed by atoms with Gasteiger partial charge in [-0.1, -0.05) is 24.3 Å². The summed E-state index contributed by atoms with van der Waals surface area (Å²) in [7, 11) is -1.37. The zero-order valence-electron chi connectivity index (χ0n) is 23.3. The van der Waals surface area contributed by atoms with Crippen LogP contribution in [0.5, 0.6) is 0 Å². The zero-order valence-corrected chi connectivity index (χ0v) is 24.1. The van der Waals surface area contributed by atoms with E-state index in [4.69, 9.17) is 14.2 Å². The third-order valence-electron chi connectivity index (χ3n) is 7.81. The standard InChI is InChI=1S/C28H26N4O10S/c1-5-14-30-19-9-7-6-8-18(19)28-15-20(24(33)40-2)31(43(38,39)17-12-10-16(11-13-17)32(36)37)27(28)29-22(26(35)42-4)21(23(28)30)25(34)41-3/h5-13,20,23H,1,14-15H2,2-4H3/t20-,23-,28-/m0/s1. The Morgan fingerprint density at radius 2 is 1.72 bits per heavy atom. The molecule has 3 heterocycles. The second kappa shape index (κ2) is 10.7. The molecule has 14 nitrogen and oxygen atoms in total. The average Bonchev–Trinajstić information content (AvgIpc) is 3.51. The van der Waals surface area contributed by atoms with Crippen molar-refractivity contribution in [2.45, 2.75) is 28.8 Å². The number of anilines is 1. The Bertz CT molecular complexity index is 1730. The smallest absolute Gasteiger partial charge is 0.357 e. The molecule has 1 fully saturated rings. The summed E-state index contributed by atoms with van der Waals surface area (Å²) >= 11 is 0. The molecular formula is C28H26N4O10S. The minimum atomic E-state index is -4.68. The van der Waals surface area contributed by atoms with Gasteiger partial charge in [-0.05, 0) is 30.2 Å². The van der Waals surface area contributed by atoms with Gasteiger partial charge < -0.3 is 19.1 Å². The number of aliphatic imine (C=N–C) groups is 1. The Kier molecular flexibility index (Phi) is 7.29. The molecule has 3 atom stereocenters. The van der Waals surface area contributed by atoms with E-state index in [1.807, 2.05) is 0 Å². The normalized spacial score (nSPS) is 22.2. The molecule has 3 aliphatic rings. The number of carbonyl (C=O) groups is 3. The van der Waals surface area contributed by atoms with Gasteiger partial charge in [0.15, 0.2) is 5.70 Å². The molecule has 0 radical (unpaired) electrons. The number of nitro benzene ring substituents is 1. The molecule has 0 amide bonds. The first kappa shape index (κ1) is 29.4. The summed E-state index contributed by atoms with van der Waals surface area (Å²) in [6, 6.07) is 8.49. The van der Waals surface area contributed by atoms with Crippen molar-refractivity contribution in [1.82, 2.24) is 4.31 Å². The number of amidine groups is 1. The van der Waals surface area contributed by atoms with Gasteiger partial charge >= 0.3 is 17.9 Å². The Labute approximate surface area is 246 Å². The van der Waals surface area contributed by atoms with Crippen LogP contribution in [0.2, 0.25) is 0 Å². The lowest BCUT2D eigenvalue weighted by Crippen LogP contribution is -2.55. The first-order valence-electron chi connectivity index (χ1n) is 12.8. The van der Waals surface area contributed by atoms with E-state index in [0.717, 1.165) is 49.9 Å². The molecule has 43 heavy (non-hydrogen) atoms. The lowest BCUT2D eigenvalue weighted by Gasteiger charge is -2.40. The van der Waals surface area contributed by atoms with E-state index in [0.29, 0.717) is 11.3 Å². The van der Waals surface area contributed by atoms with Crippen molar-refractivity contribution in [3.05, 3.63) is 88.1 Å². The third kappa shape index (κ3) is 4.18. The number of para-hydroxylation sites is 1. The topological polar surface area (TPSA) is 175 Å². The SMILES string of the molecule is C=CCN1c2ccccc2[C@]23C[C@@H](C(=O)OC)N(S(=O)(=O)c4ccc([N+](=O)[O-])cc4)C2=NC(C(=O)OC)=C(C(=O)OC)[C@H]13. The summed E-state index contributed by atoms with van der Waals surface area (Å²) in [6.45, 7) is 3.98. The van der Waals surface area contributed by atoms with Gasteiger partial charge in [-0.2, -0.15) is 0 Å². The Morgan fingerprint density at radius 1 is 1.07 bits per heavy atom. The number of benzene rings is 2. The molecule has 0 aromatic heterocycles. The third-order valence-corrected chi connectivity index (χ3v) is 9.63. The molecule has 2 aromatic rings. The summed E-state index contributed by atoms with van der Waals surface area (Å²) < 4.78 is 44.5. The number of hydrogen-bond acceptors (Lipinski definition) is 12. The minimum Gasteiger partial charge on any atom is -0.467 e. The number of rotatable bonds is 8. The van der Waals surface area contributed by atoms with Crippen molar-refractivity contribution >= 4 is 45.1 Å². The quantitative estimate of drug-likeness (QED) is 0.140. The van der Waals surface area contributed by atoms with Gasteiger partial charge in [-0.3, -0.25) is 10.1 Å². The van der Waals surface area contributed by atoms with Crippen LogP contribution in [0.4, 0.5) is 11.4 Å². The lowest BCUT2D eigenvalue weighted by atomic mass is 9.69. The number of hydrogen-bond donors (Lipinski definition) is 0. The number of sulfonamides is 1. The van der Waals surface area contributed by atoms with Gasteiger partial charge in [-0.15, -0.1) is 6.58 Å². The van der Waals surface area contributed by atoms with E-state index in [1.54, 1.807) is 35.2 Å². The van der Waals surface area contributed by atoms with Crippen molar-refractivity contribution in [3.63, 3.8) is 0 Å². The molecule has 1 spiro atoms. The highest BCUT2D eigenvalue weighted by Crippen LogP contribution is 2.58. The fourth-order valence-electron chi connectivity index (χ4n) is 6.15. The number of ether oxygens (including phenoxy) is 3. The van der Waals surface area contributed by atoms with E-state index >= 15 is 0 Å². The number of methoxy groups -OCH3 is 3. The van der Waals surface area contributed by atoms with Crippen molar-refractivity contribution < 1.29 is 41.9 Å². The second-order valence-corrected chi connectivity index (χ2v) is 11.6. The predicted molar refractivity (Wildman–Crippen MR) is 150 cm³/mol. The number of nitro groups is 1. The second-order valence-electron chi connectivity index (χ2n) is 9.81. The van der Waals surface area contributed by atoms with Gasteiger partial charge in [0.2, 0.25) is 0 Å². The molecular weight excluding hydrogens is 584 g/mol. The van der Waals surface area contributed by atoms with E-state index < -0.39 is 56.1 Å². The van der Waals surface area contributed by atoms with Crippen LogP contribution in [0.25, 0.3) is 0 Å². The summed E-state index contributed by atoms with van der Waals surface area (Å²) in [5.74, 6) is -3.08. The highest BCUT2D eigenvalue weighted by molar-refractivity contribution is 7.89. The highest BCUT2D eigenvalue weighted by Gasteiger charge is 2.68. The number of nitrogens with zero attached hydrogens (tertiary/aromatic N) is 4. The predicted octanol–water partition coefficient (Wildman–Crippen LogP) is 1.86. The Balaban J connectivity index is 1.88. The van der Waals surface area contributed by atoms with Crippen LogP contribution in [-0.4, -0.2) is 81.3 Å². The highest BCUT2D eigenvalue weighted by atomic mass is 32.2. The van der Waals surface area contributed by atoms with E-state index in [2.05, 4.69) is 11.6 Å². The van der Waals surface area contributed by atoms with Crippen LogP contribution >= 0.6 is 0 Å². The minimum absolute atomic E-state index is 0.156. The van der Waals surface area contributed by atoms with Gasteiger partial charge in [0.1, 0.15) is 11.9 Å². The Hall–Kier alpha value is -5.05. The molecule has 5 rings (SSSR count). The monoisotopic (exact) mass is 610 g/mol. The number of carbonyl (C=O) groups excluding carboxylic acids is 3. The maximum Gasteiger partial charge on any atom is 0.357 e. The average molecular weight is 611 g/mol. The molecule has 0 N–H and O–H groups in total. The summed E-state index contributed by atoms with van der Waals surface area (Å²) in [6.07, 6.45) is 1.35.